The maximum absolute atomic E-state index is 12.2. The summed E-state index contributed by atoms with van der Waals surface area (Å²) >= 11 is 0. The molecule has 7 N–H and O–H groups in total. The van der Waals surface area contributed by atoms with E-state index in [9.17, 15) is 14.7 Å². The van der Waals surface area contributed by atoms with Gasteiger partial charge in [0.1, 0.15) is 11.6 Å². The molecule has 1 aliphatic carbocycles. The third-order valence-electron chi connectivity index (χ3n) is 4.45. The van der Waals surface area contributed by atoms with Gasteiger partial charge in [-0.2, -0.15) is 5.26 Å². The van der Waals surface area contributed by atoms with Crippen LogP contribution < -0.4 is 16.4 Å². The highest BCUT2D eigenvalue weighted by molar-refractivity contribution is 5.83. The Morgan fingerprint density at radius 1 is 1.48 bits per heavy atom. The zero-order valence-corrected chi connectivity index (χ0v) is 14.6. The highest BCUT2D eigenvalue weighted by Crippen LogP contribution is 2.46. The molecule has 0 radical (unpaired) electrons. The first kappa shape index (κ1) is 20.6. The van der Waals surface area contributed by atoms with E-state index in [1.807, 2.05) is 6.07 Å². The number of aromatic nitrogens is 2. The Balaban J connectivity index is 2.18. The molecule has 0 spiro atoms. The van der Waals surface area contributed by atoms with Gasteiger partial charge in [-0.15, -0.1) is 10.2 Å². The fourth-order valence-corrected chi connectivity index (χ4v) is 2.90. The SMILES string of the molecule is CC(O)[C@H](N)c1nnc(C2(NC(=O)N[C@@H](CO)C(=O)O)CC(CC#N)C2)o1. The molecule has 3 atom stereocenters. The number of hydrogen-bond donors (Lipinski definition) is 6. The molecule has 148 valence electrons. The van der Waals surface area contributed by atoms with E-state index in [1.54, 1.807) is 0 Å². The topological polar surface area (TPSA) is 208 Å². The fraction of sp³-hybridized carbons (Fsp3) is 0.667. The van der Waals surface area contributed by atoms with E-state index in [-0.39, 0.29) is 24.1 Å². The molecule has 1 aromatic heterocycles. The van der Waals surface area contributed by atoms with Crippen LogP contribution in [0.4, 0.5) is 4.79 Å². The standard InChI is InChI=1S/C15H22N6O6/c1-7(23)10(17)11-20-21-13(27-11)15(4-8(5-15)2-3-16)19-14(26)18-9(6-22)12(24)25/h7-10,22-23H,2,4-6,17H2,1H3,(H,24,25)(H2,18,19,26)/t7?,8?,9-,10-,15?/m0/s1. The number of carbonyl (C=O) groups excluding carboxylic acids is 1. The summed E-state index contributed by atoms with van der Waals surface area (Å²) in [6, 6.07) is -1.17. The number of rotatable bonds is 8. The smallest absolute Gasteiger partial charge is 0.328 e. The number of nitrogens with two attached hydrogens (primary N) is 1. The zero-order chi connectivity index (χ0) is 20.2. The van der Waals surface area contributed by atoms with Crippen molar-refractivity contribution in [2.75, 3.05) is 6.61 Å². The number of aliphatic carboxylic acids is 1. The predicted molar refractivity (Wildman–Crippen MR) is 87.7 cm³/mol. The van der Waals surface area contributed by atoms with E-state index < -0.39 is 42.3 Å². The monoisotopic (exact) mass is 382 g/mol. The highest BCUT2D eigenvalue weighted by Gasteiger charge is 2.51. The van der Waals surface area contributed by atoms with Crippen LogP contribution >= 0.6 is 0 Å². The number of nitrogens with one attached hydrogen (secondary N) is 2. The molecule has 12 heteroatoms. The van der Waals surface area contributed by atoms with Crippen LogP contribution in [-0.4, -0.2) is 56.3 Å². The van der Waals surface area contributed by atoms with E-state index in [0.29, 0.717) is 12.8 Å². The quantitative estimate of drug-likeness (QED) is 0.313. The molecule has 0 aliphatic heterocycles. The summed E-state index contributed by atoms with van der Waals surface area (Å²) in [7, 11) is 0. The molecular formula is C15H22N6O6. The average molecular weight is 382 g/mol. The summed E-state index contributed by atoms with van der Waals surface area (Å²) in [5, 5.41) is 48.8. The first-order valence-electron chi connectivity index (χ1n) is 8.29. The van der Waals surface area contributed by atoms with Crippen molar-refractivity contribution in [1.29, 1.82) is 5.26 Å². The van der Waals surface area contributed by atoms with Crippen molar-refractivity contribution in [1.82, 2.24) is 20.8 Å². The lowest BCUT2D eigenvalue weighted by molar-refractivity contribution is -0.140. The third-order valence-corrected chi connectivity index (χ3v) is 4.45. The summed E-state index contributed by atoms with van der Waals surface area (Å²) in [6.07, 6.45) is -0.000415. The number of carboxylic acid groups (broad SMARTS) is 1. The molecule has 1 aromatic rings. The van der Waals surface area contributed by atoms with E-state index in [1.165, 1.54) is 6.92 Å². The number of carboxylic acids is 1. The van der Waals surface area contributed by atoms with E-state index >= 15 is 0 Å². The summed E-state index contributed by atoms with van der Waals surface area (Å²) in [6.45, 7) is 0.685. The van der Waals surface area contributed by atoms with Crippen LogP contribution in [0.2, 0.25) is 0 Å². The Labute approximate surface area is 154 Å². The summed E-state index contributed by atoms with van der Waals surface area (Å²) in [4.78, 5) is 23.1. The molecule has 0 aromatic carbocycles. The Morgan fingerprint density at radius 2 is 2.15 bits per heavy atom. The van der Waals surface area contributed by atoms with Gasteiger partial charge in [-0.1, -0.05) is 0 Å². The molecular weight excluding hydrogens is 360 g/mol. The molecule has 1 aliphatic rings. The van der Waals surface area contributed by atoms with Gasteiger partial charge in [0.15, 0.2) is 6.04 Å². The second-order valence-corrected chi connectivity index (χ2v) is 6.60. The van der Waals surface area contributed by atoms with Crippen LogP contribution in [0.25, 0.3) is 0 Å². The number of urea groups is 1. The number of nitrogens with zero attached hydrogens (tertiary/aromatic N) is 3. The van der Waals surface area contributed by atoms with Gasteiger partial charge in [-0.25, -0.2) is 9.59 Å². The molecule has 1 unspecified atom stereocenters. The van der Waals surface area contributed by atoms with Gasteiger partial charge in [0.05, 0.1) is 18.8 Å². The number of amides is 2. The lowest BCUT2D eigenvalue weighted by Gasteiger charge is -2.44. The van der Waals surface area contributed by atoms with Crippen molar-refractivity contribution in [2.24, 2.45) is 11.7 Å². The maximum Gasteiger partial charge on any atom is 0.328 e. The van der Waals surface area contributed by atoms with Crippen molar-refractivity contribution in [3.05, 3.63) is 11.8 Å². The van der Waals surface area contributed by atoms with Gasteiger partial charge in [0.25, 0.3) is 0 Å². The Morgan fingerprint density at radius 3 is 2.67 bits per heavy atom. The van der Waals surface area contributed by atoms with Crippen molar-refractivity contribution >= 4 is 12.0 Å². The average Bonchev–Trinajstić information content (AvgIpc) is 3.06. The number of aliphatic hydroxyl groups is 2. The first-order valence-corrected chi connectivity index (χ1v) is 8.29. The molecule has 2 amide bonds. The third kappa shape index (κ3) is 4.51. The van der Waals surface area contributed by atoms with Crippen molar-refractivity contribution in [3.63, 3.8) is 0 Å². The van der Waals surface area contributed by atoms with Gasteiger partial charge < -0.3 is 36.1 Å². The normalized spacial score (nSPS) is 24.8. The molecule has 0 bridgehead atoms. The first-order chi connectivity index (χ1) is 12.7. The fourth-order valence-electron chi connectivity index (χ4n) is 2.90. The van der Waals surface area contributed by atoms with E-state index in [2.05, 4.69) is 20.8 Å². The van der Waals surface area contributed by atoms with Crippen molar-refractivity contribution in [3.8, 4) is 6.07 Å². The lowest BCUT2D eigenvalue weighted by atomic mass is 9.67. The van der Waals surface area contributed by atoms with Gasteiger partial charge in [0, 0.05) is 6.42 Å². The minimum absolute atomic E-state index is 0.01000. The number of carbonyl (C=O) groups is 2. The van der Waals surface area contributed by atoms with Crippen molar-refractivity contribution < 1.29 is 29.3 Å². The van der Waals surface area contributed by atoms with Gasteiger partial charge in [-0.3, -0.25) is 0 Å². The predicted octanol–water partition coefficient (Wildman–Crippen LogP) is -1.29. The molecule has 1 fully saturated rings. The maximum atomic E-state index is 12.2. The largest absolute Gasteiger partial charge is 0.480 e. The molecule has 27 heavy (non-hydrogen) atoms. The van der Waals surface area contributed by atoms with Crippen LogP contribution in [-0.2, 0) is 10.3 Å². The van der Waals surface area contributed by atoms with Crippen LogP contribution in [0, 0.1) is 17.2 Å². The Hall–Kier alpha value is -2.75. The molecule has 1 saturated carbocycles. The zero-order valence-electron chi connectivity index (χ0n) is 14.6. The second-order valence-electron chi connectivity index (χ2n) is 6.60. The molecule has 0 saturated heterocycles. The van der Waals surface area contributed by atoms with Gasteiger partial charge in [-0.05, 0) is 25.7 Å². The van der Waals surface area contributed by atoms with E-state index in [4.69, 9.17) is 25.6 Å². The summed E-state index contributed by atoms with van der Waals surface area (Å²) < 4.78 is 5.52. The molecule has 1 heterocycles. The van der Waals surface area contributed by atoms with Crippen LogP contribution in [0.1, 0.15) is 44.0 Å². The number of hydrogen-bond acceptors (Lipinski definition) is 9. The van der Waals surface area contributed by atoms with Crippen LogP contribution in [0.15, 0.2) is 4.42 Å². The number of nitriles is 1. The minimum Gasteiger partial charge on any atom is -0.480 e. The molecule has 12 nitrogen and oxygen atoms in total. The Kier molecular flexibility index (Phi) is 6.32. The lowest BCUT2D eigenvalue weighted by Crippen LogP contribution is -2.59. The Bertz CT molecular complexity index is 723. The highest BCUT2D eigenvalue weighted by atomic mass is 16.4. The van der Waals surface area contributed by atoms with E-state index in [0.717, 1.165) is 0 Å². The van der Waals surface area contributed by atoms with Crippen molar-refractivity contribution in [2.45, 2.75) is 49.9 Å². The van der Waals surface area contributed by atoms with Gasteiger partial charge >= 0.3 is 12.0 Å². The minimum atomic E-state index is -1.47. The second kappa shape index (κ2) is 8.30. The summed E-state index contributed by atoms with van der Waals surface area (Å²) in [5.74, 6) is -1.36. The summed E-state index contributed by atoms with van der Waals surface area (Å²) in [5.41, 5.74) is 4.68. The van der Waals surface area contributed by atoms with Crippen LogP contribution in [0.3, 0.4) is 0 Å². The van der Waals surface area contributed by atoms with Crippen LogP contribution in [0.5, 0.6) is 0 Å². The number of aliphatic hydroxyl groups excluding tert-OH is 2. The van der Waals surface area contributed by atoms with Gasteiger partial charge in [0.2, 0.25) is 11.8 Å². The molecule has 2 rings (SSSR count).